The van der Waals surface area contributed by atoms with Gasteiger partial charge >= 0.3 is 0 Å². The summed E-state index contributed by atoms with van der Waals surface area (Å²) < 4.78 is 30.8. The van der Waals surface area contributed by atoms with Gasteiger partial charge in [0.05, 0.1) is 18.1 Å². The number of oxazole rings is 1. The standard InChI is InChI=1S/C18H15N5O3S/c1-27(24,25)23-15-4-2-3-14(8-15)22-18-21-11-17(26-18)16-7-12-5-6-19-9-13(12)10-20-16/h2-11,23H,1H3,(H,21,22). The van der Waals surface area contributed by atoms with E-state index in [9.17, 15) is 8.42 Å². The van der Waals surface area contributed by atoms with Crippen LogP contribution < -0.4 is 10.0 Å². The van der Waals surface area contributed by atoms with Crippen LogP contribution in [0.25, 0.3) is 22.2 Å². The van der Waals surface area contributed by atoms with Crippen LogP contribution in [0, 0.1) is 0 Å². The molecule has 4 aromatic rings. The molecule has 0 aliphatic heterocycles. The summed E-state index contributed by atoms with van der Waals surface area (Å²) in [4.78, 5) is 12.6. The number of nitrogens with zero attached hydrogens (tertiary/aromatic N) is 3. The molecule has 0 atom stereocenters. The molecule has 0 amide bonds. The van der Waals surface area contributed by atoms with Crippen LogP contribution in [0.4, 0.5) is 17.4 Å². The highest BCUT2D eigenvalue weighted by atomic mass is 32.2. The number of benzene rings is 1. The van der Waals surface area contributed by atoms with Crippen molar-refractivity contribution in [3.8, 4) is 11.5 Å². The number of hydrogen-bond acceptors (Lipinski definition) is 7. The van der Waals surface area contributed by atoms with Gasteiger partial charge in [0.15, 0.2) is 5.76 Å². The van der Waals surface area contributed by atoms with Crippen LogP contribution in [0.3, 0.4) is 0 Å². The minimum atomic E-state index is -3.35. The van der Waals surface area contributed by atoms with Gasteiger partial charge in [0, 0.05) is 29.7 Å². The molecule has 0 aliphatic carbocycles. The lowest BCUT2D eigenvalue weighted by Crippen LogP contribution is -2.09. The summed E-state index contributed by atoms with van der Waals surface area (Å²) in [6.45, 7) is 0. The Morgan fingerprint density at radius 1 is 0.963 bits per heavy atom. The molecule has 27 heavy (non-hydrogen) atoms. The molecule has 0 fully saturated rings. The van der Waals surface area contributed by atoms with E-state index in [2.05, 4.69) is 25.0 Å². The van der Waals surface area contributed by atoms with E-state index >= 15 is 0 Å². The van der Waals surface area contributed by atoms with Crippen molar-refractivity contribution in [3.05, 3.63) is 61.2 Å². The van der Waals surface area contributed by atoms with Crippen LogP contribution >= 0.6 is 0 Å². The highest BCUT2D eigenvalue weighted by molar-refractivity contribution is 7.92. The van der Waals surface area contributed by atoms with Crippen molar-refractivity contribution < 1.29 is 12.8 Å². The topological polar surface area (TPSA) is 110 Å². The van der Waals surface area contributed by atoms with E-state index in [1.54, 1.807) is 49.1 Å². The van der Waals surface area contributed by atoms with Gasteiger partial charge in [-0.3, -0.25) is 14.7 Å². The van der Waals surface area contributed by atoms with Gasteiger partial charge < -0.3 is 9.73 Å². The molecule has 0 aliphatic rings. The van der Waals surface area contributed by atoms with Gasteiger partial charge in [0.2, 0.25) is 10.0 Å². The number of anilines is 3. The third-order valence-electron chi connectivity index (χ3n) is 3.70. The Morgan fingerprint density at radius 2 is 1.81 bits per heavy atom. The second kappa shape index (κ2) is 6.69. The Kier molecular flexibility index (Phi) is 4.21. The molecule has 8 nitrogen and oxygen atoms in total. The third kappa shape index (κ3) is 4.04. The van der Waals surface area contributed by atoms with Crippen molar-refractivity contribution in [3.63, 3.8) is 0 Å². The average molecular weight is 381 g/mol. The third-order valence-corrected chi connectivity index (χ3v) is 4.30. The molecule has 0 bridgehead atoms. The van der Waals surface area contributed by atoms with E-state index < -0.39 is 10.0 Å². The second-order valence-electron chi connectivity index (χ2n) is 5.90. The van der Waals surface area contributed by atoms with E-state index in [1.807, 2.05) is 12.1 Å². The Morgan fingerprint density at radius 3 is 2.67 bits per heavy atom. The second-order valence-corrected chi connectivity index (χ2v) is 7.65. The predicted molar refractivity (Wildman–Crippen MR) is 103 cm³/mol. The zero-order valence-corrected chi connectivity index (χ0v) is 15.1. The van der Waals surface area contributed by atoms with Crippen LogP contribution in [0.1, 0.15) is 0 Å². The van der Waals surface area contributed by atoms with Gasteiger partial charge in [-0.15, -0.1) is 0 Å². The Bertz CT molecular complexity index is 1220. The van der Waals surface area contributed by atoms with Crippen molar-refractivity contribution in [2.45, 2.75) is 0 Å². The Balaban J connectivity index is 1.56. The van der Waals surface area contributed by atoms with Crippen molar-refractivity contribution in [2.24, 2.45) is 0 Å². The molecule has 0 radical (unpaired) electrons. The number of sulfonamides is 1. The summed E-state index contributed by atoms with van der Waals surface area (Å²) in [6, 6.07) is 10.9. The molecule has 0 saturated carbocycles. The quantitative estimate of drug-likeness (QED) is 0.545. The molecule has 9 heteroatoms. The van der Waals surface area contributed by atoms with Crippen molar-refractivity contribution in [1.82, 2.24) is 15.0 Å². The van der Waals surface area contributed by atoms with Crippen LogP contribution in [-0.4, -0.2) is 29.6 Å². The molecule has 3 aromatic heterocycles. The number of hydrogen-bond donors (Lipinski definition) is 2. The number of nitrogens with one attached hydrogen (secondary N) is 2. The highest BCUT2D eigenvalue weighted by Gasteiger charge is 2.10. The first-order valence-electron chi connectivity index (χ1n) is 7.97. The molecular formula is C18H15N5O3S. The molecule has 4 rings (SSSR count). The monoisotopic (exact) mass is 381 g/mol. The van der Waals surface area contributed by atoms with Gasteiger partial charge in [-0.25, -0.2) is 13.4 Å². The molecule has 0 spiro atoms. The largest absolute Gasteiger partial charge is 0.422 e. The van der Waals surface area contributed by atoms with E-state index in [-0.39, 0.29) is 6.01 Å². The van der Waals surface area contributed by atoms with Gasteiger partial charge in [0.1, 0.15) is 5.69 Å². The number of pyridine rings is 2. The fraction of sp³-hybridized carbons (Fsp3) is 0.0556. The lowest BCUT2D eigenvalue weighted by Gasteiger charge is -2.06. The molecule has 1 aromatic carbocycles. The normalized spacial score (nSPS) is 11.4. The maximum atomic E-state index is 11.4. The van der Waals surface area contributed by atoms with E-state index in [0.717, 1.165) is 17.0 Å². The first-order chi connectivity index (χ1) is 13.0. The summed E-state index contributed by atoms with van der Waals surface area (Å²) in [5.74, 6) is 0.515. The molecule has 0 unspecified atom stereocenters. The van der Waals surface area contributed by atoms with E-state index in [4.69, 9.17) is 4.42 Å². The summed E-state index contributed by atoms with van der Waals surface area (Å²) in [6.07, 6.45) is 7.87. The summed E-state index contributed by atoms with van der Waals surface area (Å²) in [7, 11) is -3.35. The molecular weight excluding hydrogens is 366 g/mol. The lowest BCUT2D eigenvalue weighted by molar-refractivity contribution is 0.590. The van der Waals surface area contributed by atoms with Crippen LogP contribution in [0.15, 0.2) is 65.6 Å². The van der Waals surface area contributed by atoms with Crippen LogP contribution in [-0.2, 0) is 10.0 Å². The number of aromatic nitrogens is 3. The minimum absolute atomic E-state index is 0.276. The lowest BCUT2D eigenvalue weighted by atomic mass is 10.2. The molecule has 136 valence electrons. The first kappa shape index (κ1) is 17.0. The zero-order chi connectivity index (χ0) is 18.9. The van der Waals surface area contributed by atoms with Crippen molar-refractivity contribution >= 4 is 38.2 Å². The SMILES string of the molecule is CS(=O)(=O)Nc1cccc(Nc2ncc(-c3cc4ccncc4cn3)o2)c1. The van der Waals surface area contributed by atoms with Crippen molar-refractivity contribution in [1.29, 1.82) is 0 Å². The number of rotatable bonds is 5. The average Bonchev–Trinajstić information content (AvgIpc) is 3.08. The minimum Gasteiger partial charge on any atom is -0.422 e. The first-order valence-corrected chi connectivity index (χ1v) is 9.86. The fourth-order valence-corrected chi connectivity index (χ4v) is 3.12. The van der Waals surface area contributed by atoms with E-state index in [0.29, 0.717) is 22.8 Å². The fourth-order valence-electron chi connectivity index (χ4n) is 2.56. The summed E-state index contributed by atoms with van der Waals surface area (Å²) in [5, 5.41) is 4.95. The Hall–Kier alpha value is -3.46. The maximum Gasteiger partial charge on any atom is 0.299 e. The predicted octanol–water partition coefficient (Wildman–Crippen LogP) is 3.40. The maximum absolute atomic E-state index is 11.4. The number of fused-ring (bicyclic) bond motifs is 1. The molecule has 2 N–H and O–H groups in total. The smallest absolute Gasteiger partial charge is 0.299 e. The van der Waals surface area contributed by atoms with Gasteiger partial charge in [0.25, 0.3) is 6.01 Å². The van der Waals surface area contributed by atoms with Crippen molar-refractivity contribution in [2.75, 3.05) is 16.3 Å². The van der Waals surface area contributed by atoms with Gasteiger partial charge in [-0.1, -0.05) is 6.07 Å². The molecule has 0 saturated heterocycles. The highest BCUT2D eigenvalue weighted by Crippen LogP contribution is 2.26. The van der Waals surface area contributed by atoms with Crippen LogP contribution in [0.2, 0.25) is 0 Å². The summed E-state index contributed by atoms with van der Waals surface area (Å²) in [5.41, 5.74) is 1.73. The Labute approximate surface area is 155 Å². The van der Waals surface area contributed by atoms with E-state index in [1.165, 1.54) is 0 Å². The molecule has 3 heterocycles. The van der Waals surface area contributed by atoms with Crippen LogP contribution in [0.5, 0.6) is 0 Å². The zero-order valence-electron chi connectivity index (χ0n) is 14.2. The van der Waals surface area contributed by atoms with Gasteiger partial charge in [-0.05, 0) is 35.7 Å². The summed E-state index contributed by atoms with van der Waals surface area (Å²) >= 11 is 0. The van der Waals surface area contributed by atoms with Gasteiger partial charge in [-0.2, -0.15) is 0 Å².